The van der Waals surface area contributed by atoms with E-state index in [0.717, 1.165) is 18.8 Å². The number of ether oxygens (including phenoxy) is 1. The highest BCUT2D eigenvalue weighted by atomic mass is 16.5. The molecule has 2 heterocycles. The minimum absolute atomic E-state index is 0.0131. The average Bonchev–Trinajstić information content (AvgIpc) is 2.34. The van der Waals surface area contributed by atoms with Gasteiger partial charge in [0.15, 0.2) is 5.84 Å². The minimum atomic E-state index is -0.216. The molecule has 0 atom stereocenters. The molecule has 0 saturated carbocycles. The van der Waals surface area contributed by atoms with Gasteiger partial charge in [0, 0.05) is 13.1 Å². The average molecular weight is 278 g/mol. The van der Waals surface area contributed by atoms with E-state index in [4.69, 9.17) is 15.7 Å². The van der Waals surface area contributed by atoms with Crippen molar-refractivity contribution < 1.29 is 9.94 Å². The van der Waals surface area contributed by atoms with Crippen molar-refractivity contribution in [2.75, 3.05) is 18.0 Å². The van der Waals surface area contributed by atoms with Crippen molar-refractivity contribution >= 4 is 11.5 Å². The molecule has 20 heavy (non-hydrogen) atoms. The van der Waals surface area contributed by atoms with E-state index in [1.54, 1.807) is 12.3 Å². The van der Waals surface area contributed by atoms with Gasteiger partial charge < -0.3 is 20.6 Å². The fourth-order valence-corrected chi connectivity index (χ4v) is 2.75. The number of amidine groups is 1. The van der Waals surface area contributed by atoms with Gasteiger partial charge >= 0.3 is 0 Å². The van der Waals surface area contributed by atoms with Crippen LogP contribution >= 0.6 is 0 Å². The van der Waals surface area contributed by atoms with E-state index in [9.17, 15) is 0 Å². The Morgan fingerprint density at radius 1 is 1.30 bits per heavy atom. The van der Waals surface area contributed by atoms with Crippen molar-refractivity contribution in [1.29, 1.82) is 0 Å². The van der Waals surface area contributed by atoms with Crippen LogP contribution in [0.1, 0.15) is 33.4 Å². The minimum Gasteiger partial charge on any atom is -0.409 e. The highest BCUT2D eigenvalue weighted by Gasteiger charge is 2.38. The van der Waals surface area contributed by atoms with Gasteiger partial charge in [-0.05, 0) is 39.8 Å². The topological polar surface area (TPSA) is 84.0 Å². The molecule has 1 aromatic rings. The smallest absolute Gasteiger partial charge is 0.188 e. The van der Waals surface area contributed by atoms with E-state index in [0.29, 0.717) is 5.69 Å². The quantitative estimate of drug-likeness (QED) is 0.371. The zero-order valence-electron chi connectivity index (χ0n) is 12.4. The second kappa shape index (κ2) is 4.94. The van der Waals surface area contributed by atoms with Crippen LogP contribution < -0.4 is 10.6 Å². The van der Waals surface area contributed by atoms with Crippen LogP contribution in [0.4, 0.5) is 5.69 Å². The van der Waals surface area contributed by atoms with E-state index in [2.05, 4.69) is 42.7 Å². The molecule has 1 saturated heterocycles. The maximum Gasteiger partial charge on any atom is 0.188 e. The van der Waals surface area contributed by atoms with Crippen LogP contribution in [0.25, 0.3) is 0 Å². The summed E-state index contributed by atoms with van der Waals surface area (Å²) in [6.07, 6.45) is 1.74. The van der Waals surface area contributed by atoms with Gasteiger partial charge in [0.25, 0.3) is 0 Å². The molecule has 1 aliphatic rings. The number of nitrogens with two attached hydrogens (primary N) is 1. The van der Waals surface area contributed by atoms with E-state index in [1.807, 2.05) is 6.07 Å². The Hall–Kier alpha value is -1.82. The summed E-state index contributed by atoms with van der Waals surface area (Å²) < 4.78 is 6.06. The monoisotopic (exact) mass is 278 g/mol. The molecule has 6 nitrogen and oxygen atoms in total. The third-order valence-electron chi connectivity index (χ3n) is 3.18. The molecular formula is C14H22N4O2. The maximum absolute atomic E-state index is 8.64. The van der Waals surface area contributed by atoms with Gasteiger partial charge in [-0.3, -0.25) is 4.98 Å². The van der Waals surface area contributed by atoms with Gasteiger partial charge in [0.1, 0.15) is 5.69 Å². The third-order valence-corrected chi connectivity index (χ3v) is 3.18. The molecule has 1 aliphatic heterocycles. The van der Waals surface area contributed by atoms with Crippen molar-refractivity contribution in [3.8, 4) is 0 Å². The summed E-state index contributed by atoms with van der Waals surface area (Å²) in [5.74, 6) is 0.0131. The lowest BCUT2D eigenvalue weighted by Gasteiger charge is -2.48. The predicted octanol–water partition coefficient (Wildman–Crippen LogP) is 1.57. The zero-order valence-corrected chi connectivity index (χ0v) is 12.4. The summed E-state index contributed by atoms with van der Waals surface area (Å²) in [4.78, 5) is 6.46. The van der Waals surface area contributed by atoms with Crippen molar-refractivity contribution in [2.24, 2.45) is 10.9 Å². The Kier molecular flexibility index (Phi) is 3.60. The first-order chi connectivity index (χ1) is 9.22. The van der Waals surface area contributed by atoms with Crippen molar-refractivity contribution in [3.63, 3.8) is 0 Å². The largest absolute Gasteiger partial charge is 0.409 e. The van der Waals surface area contributed by atoms with Crippen LogP contribution in [0, 0.1) is 0 Å². The summed E-state index contributed by atoms with van der Waals surface area (Å²) in [7, 11) is 0. The second-order valence-corrected chi connectivity index (χ2v) is 6.36. The highest BCUT2D eigenvalue weighted by molar-refractivity contribution is 5.95. The van der Waals surface area contributed by atoms with Crippen molar-refractivity contribution in [2.45, 2.75) is 38.9 Å². The van der Waals surface area contributed by atoms with Gasteiger partial charge in [-0.2, -0.15) is 0 Å². The molecule has 3 N–H and O–H groups in total. The maximum atomic E-state index is 8.64. The van der Waals surface area contributed by atoms with Crippen LogP contribution in [0.2, 0.25) is 0 Å². The summed E-state index contributed by atoms with van der Waals surface area (Å²) in [6, 6.07) is 3.68. The fraction of sp³-hybridized carbons (Fsp3) is 0.571. The standard InChI is InChI=1S/C14H22N4O2/c1-13(2)8-18(9-14(3,4)20-13)10-5-6-11(16-7-10)12(15)17-19/h5-7,19H,8-9H2,1-4H3,(H2,15,17). The Morgan fingerprint density at radius 2 is 1.90 bits per heavy atom. The summed E-state index contributed by atoms with van der Waals surface area (Å²) in [6.45, 7) is 9.92. The molecule has 0 aliphatic carbocycles. The Balaban J connectivity index is 2.23. The molecule has 0 aromatic carbocycles. The lowest BCUT2D eigenvalue weighted by atomic mass is 9.98. The first-order valence-electron chi connectivity index (χ1n) is 6.61. The Morgan fingerprint density at radius 3 is 2.35 bits per heavy atom. The van der Waals surface area contributed by atoms with Crippen molar-refractivity contribution in [1.82, 2.24) is 4.98 Å². The Labute approximate surface area is 119 Å². The molecule has 0 radical (unpaired) electrons. The van der Waals surface area contributed by atoms with E-state index in [1.165, 1.54) is 0 Å². The molecule has 2 rings (SSSR count). The van der Waals surface area contributed by atoms with Crippen LogP contribution in [-0.4, -0.2) is 40.3 Å². The fourth-order valence-electron chi connectivity index (χ4n) is 2.75. The van der Waals surface area contributed by atoms with Crippen LogP contribution in [-0.2, 0) is 4.74 Å². The van der Waals surface area contributed by atoms with Crippen LogP contribution in [0.5, 0.6) is 0 Å². The van der Waals surface area contributed by atoms with Crippen LogP contribution in [0.3, 0.4) is 0 Å². The summed E-state index contributed by atoms with van der Waals surface area (Å²) in [5.41, 5.74) is 6.55. The summed E-state index contributed by atoms with van der Waals surface area (Å²) >= 11 is 0. The van der Waals surface area contributed by atoms with Gasteiger partial charge in [0.2, 0.25) is 0 Å². The molecule has 0 bridgehead atoms. The number of oxime groups is 1. The first-order valence-corrected chi connectivity index (χ1v) is 6.61. The highest BCUT2D eigenvalue weighted by Crippen LogP contribution is 2.31. The number of morpholine rings is 1. The molecule has 0 spiro atoms. The third kappa shape index (κ3) is 3.19. The number of pyridine rings is 1. The number of nitrogens with zero attached hydrogens (tertiary/aromatic N) is 3. The number of aromatic nitrogens is 1. The number of rotatable bonds is 2. The normalized spacial score (nSPS) is 21.8. The molecule has 110 valence electrons. The number of hydrogen-bond acceptors (Lipinski definition) is 5. The zero-order chi connectivity index (χ0) is 15.0. The molecule has 0 unspecified atom stereocenters. The van der Waals surface area contributed by atoms with Crippen LogP contribution in [0.15, 0.2) is 23.5 Å². The Bertz CT molecular complexity index is 492. The van der Waals surface area contributed by atoms with Crippen molar-refractivity contribution in [3.05, 3.63) is 24.0 Å². The number of anilines is 1. The first kappa shape index (κ1) is 14.6. The SMILES string of the molecule is CC1(C)CN(c2ccc(/C(N)=N/O)nc2)CC(C)(C)O1. The van der Waals surface area contributed by atoms with Gasteiger partial charge in [-0.15, -0.1) is 0 Å². The summed E-state index contributed by atoms with van der Waals surface area (Å²) in [5, 5.41) is 11.6. The molecule has 1 aromatic heterocycles. The number of hydrogen-bond donors (Lipinski definition) is 2. The van der Waals surface area contributed by atoms with Gasteiger partial charge in [-0.25, -0.2) is 0 Å². The van der Waals surface area contributed by atoms with E-state index >= 15 is 0 Å². The van der Waals surface area contributed by atoms with Gasteiger partial charge in [-0.1, -0.05) is 5.16 Å². The lowest BCUT2D eigenvalue weighted by molar-refractivity contribution is -0.133. The molecule has 0 amide bonds. The van der Waals surface area contributed by atoms with E-state index in [-0.39, 0.29) is 17.0 Å². The predicted molar refractivity (Wildman–Crippen MR) is 78.2 cm³/mol. The van der Waals surface area contributed by atoms with Gasteiger partial charge in [0.05, 0.1) is 23.1 Å². The second-order valence-electron chi connectivity index (χ2n) is 6.36. The van der Waals surface area contributed by atoms with E-state index < -0.39 is 0 Å². The molecular weight excluding hydrogens is 256 g/mol. The lowest BCUT2D eigenvalue weighted by Crippen LogP contribution is -2.57. The molecule has 1 fully saturated rings. The molecule has 6 heteroatoms.